The Labute approximate surface area is 126 Å². The lowest BCUT2D eigenvalue weighted by molar-refractivity contribution is 0.103. The molecule has 3 rings (SSSR count). The number of amides is 1. The molecule has 2 aromatic carbocycles. The Bertz CT molecular complexity index is 794. The molecule has 0 saturated heterocycles. The zero-order valence-electron chi connectivity index (χ0n) is 10.8. The number of anilines is 1. The van der Waals surface area contributed by atoms with E-state index in [1.807, 2.05) is 43.3 Å². The maximum Gasteiger partial charge on any atom is 0.266 e. The molecule has 0 bridgehead atoms. The first-order valence-corrected chi connectivity index (χ1v) is 7.40. The first-order valence-electron chi connectivity index (χ1n) is 6.21. The molecule has 0 saturated carbocycles. The maximum atomic E-state index is 12.4. The summed E-state index contributed by atoms with van der Waals surface area (Å²) in [4.78, 5) is 13.1. The number of para-hydroxylation sites is 1. The largest absolute Gasteiger partial charge is 0.320 e. The van der Waals surface area contributed by atoms with E-state index in [1.54, 1.807) is 12.1 Å². The molecule has 0 unspecified atom stereocenters. The van der Waals surface area contributed by atoms with Gasteiger partial charge in [-0.2, -0.15) is 0 Å². The smallest absolute Gasteiger partial charge is 0.266 e. The van der Waals surface area contributed by atoms with Crippen molar-refractivity contribution in [1.82, 2.24) is 0 Å². The Morgan fingerprint density at radius 2 is 1.80 bits per heavy atom. The molecule has 1 heterocycles. The van der Waals surface area contributed by atoms with E-state index >= 15 is 0 Å². The molecule has 100 valence electrons. The molecular formula is C16H12ClNOS. The molecular weight excluding hydrogens is 290 g/mol. The number of carbonyl (C=O) groups is 1. The highest BCUT2D eigenvalue weighted by atomic mass is 35.5. The number of hydrogen-bond acceptors (Lipinski definition) is 2. The summed E-state index contributed by atoms with van der Waals surface area (Å²) in [7, 11) is 0. The fraction of sp³-hybridized carbons (Fsp3) is 0.0625. The summed E-state index contributed by atoms with van der Waals surface area (Å²) in [6.07, 6.45) is 0. The van der Waals surface area contributed by atoms with Gasteiger partial charge in [0.2, 0.25) is 0 Å². The van der Waals surface area contributed by atoms with E-state index in [0.29, 0.717) is 10.7 Å². The van der Waals surface area contributed by atoms with Gasteiger partial charge in [0, 0.05) is 4.70 Å². The summed E-state index contributed by atoms with van der Waals surface area (Å²) >= 11 is 7.56. The molecule has 0 atom stereocenters. The Morgan fingerprint density at radius 1 is 1.10 bits per heavy atom. The van der Waals surface area contributed by atoms with Crippen molar-refractivity contribution in [2.75, 3.05) is 5.32 Å². The van der Waals surface area contributed by atoms with Gasteiger partial charge in [-0.15, -0.1) is 11.3 Å². The van der Waals surface area contributed by atoms with E-state index in [9.17, 15) is 4.79 Å². The number of thiophene rings is 1. The van der Waals surface area contributed by atoms with Gasteiger partial charge < -0.3 is 5.32 Å². The van der Waals surface area contributed by atoms with Crippen LogP contribution in [-0.4, -0.2) is 5.91 Å². The van der Waals surface area contributed by atoms with Crippen molar-refractivity contribution in [1.29, 1.82) is 0 Å². The van der Waals surface area contributed by atoms with Crippen molar-refractivity contribution in [3.8, 4) is 0 Å². The number of carbonyl (C=O) groups excluding carboxylic acids is 1. The first kappa shape index (κ1) is 13.2. The minimum atomic E-state index is -0.114. The fourth-order valence-electron chi connectivity index (χ4n) is 2.13. The fourth-order valence-corrected chi connectivity index (χ4v) is 3.42. The van der Waals surface area contributed by atoms with E-state index in [4.69, 9.17) is 11.6 Å². The highest BCUT2D eigenvalue weighted by molar-refractivity contribution is 7.21. The summed E-state index contributed by atoms with van der Waals surface area (Å²) in [6, 6.07) is 15.3. The van der Waals surface area contributed by atoms with Crippen LogP contribution < -0.4 is 5.32 Å². The van der Waals surface area contributed by atoms with Crippen LogP contribution in [0.5, 0.6) is 0 Å². The van der Waals surface area contributed by atoms with Crippen LogP contribution in [0.3, 0.4) is 0 Å². The SMILES string of the molecule is Cc1c(C(=O)Nc2ccccc2Cl)sc2ccccc12. The molecule has 0 aliphatic carbocycles. The second-order valence-electron chi connectivity index (χ2n) is 4.49. The summed E-state index contributed by atoms with van der Waals surface area (Å²) in [5, 5.41) is 4.54. The van der Waals surface area contributed by atoms with E-state index in [2.05, 4.69) is 5.32 Å². The van der Waals surface area contributed by atoms with Crippen LogP contribution in [0.15, 0.2) is 48.5 Å². The van der Waals surface area contributed by atoms with Gasteiger partial charge in [0.05, 0.1) is 15.6 Å². The highest BCUT2D eigenvalue weighted by Crippen LogP contribution is 2.31. The lowest BCUT2D eigenvalue weighted by Crippen LogP contribution is -2.11. The van der Waals surface area contributed by atoms with Crippen LogP contribution in [0, 0.1) is 6.92 Å². The molecule has 2 nitrogen and oxygen atoms in total. The number of aryl methyl sites for hydroxylation is 1. The maximum absolute atomic E-state index is 12.4. The van der Waals surface area contributed by atoms with Gasteiger partial charge in [0.1, 0.15) is 0 Å². The van der Waals surface area contributed by atoms with Crippen molar-refractivity contribution in [2.24, 2.45) is 0 Å². The van der Waals surface area contributed by atoms with Crippen molar-refractivity contribution in [2.45, 2.75) is 6.92 Å². The Morgan fingerprint density at radius 3 is 2.55 bits per heavy atom. The third-order valence-corrected chi connectivity index (χ3v) is 4.77. The van der Waals surface area contributed by atoms with E-state index < -0.39 is 0 Å². The summed E-state index contributed by atoms with van der Waals surface area (Å²) < 4.78 is 1.12. The molecule has 0 radical (unpaired) electrons. The van der Waals surface area contributed by atoms with Gasteiger partial charge in [0.25, 0.3) is 5.91 Å². The van der Waals surface area contributed by atoms with Crippen LogP contribution in [0.4, 0.5) is 5.69 Å². The number of rotatable bonds is 2. The normalized spacial score (nSPS) is 10.7. The third kappa shape index (κ3) is 2.30. The number of hydrogen-bond donors (Lipinski definition) is 1. The van der Waals surface area contributed by atoms with Gasteiger partial charge in [-0.3, -0.25) is 4.79 Å². The van der Waals surface area contributed by atoms with Crippen molar-refractivity contribution >= 4 is 44.6 Å². The summed E-state index contributed by atoms with van der Waals surface area (Å²) in [6.45, 7) is 1.97. The predicted molar refractivity (Wildman–Crippen MR) is 86.0 cm³/mol. The molecule has 1 N–H and O–H groups in total. The molecule has 0 aliphatic heterocycles. The van der Waals surface area contributed by atoms with Gasteiger partial charge in [0.15, 0.2) is 0 Å². The van der Waals surface area contributed by atoms with Gasteiger partial charge in [-0.05, 0) is 36.1 Å². The lowest BCUT2D eigenvalue weighted by Gasteiger charge is -2.06. The molecule has 0 aliphatic rings. The average Bonchev–Trinajstić information content (AvgIpc) is 2.79. The van der Waals surface area contributed by atoms with Crippen molar-refractivity contribution in [3.63, 3.8) is 0 Å². The topological polar surface area (TPSA) is 29.1 Å². The summed E-state index contributed by atoms with van der Waals surface area (Å²) in [5.41, 5.74) is 1.64. The minimum Gasteiger partial charge on any atom is -0.320 e. The van der Waals surface area contributed by atoms with E-state index in [-0.39, 0.29) is 5.91 Å². The molecule has 1 amide bonds. The monoisotopic (exact) mass is 301 g/mol. The van der Waals surface area contributed by atoms with Crippen LogP contribution in [0.2, 0.25) is 5.02 Å². The van der Waals surface area contributed by atoms with Crippen LogP contribution in [0.1, 0.15) is 15.2 Å². The zero-order valence-corrected chi connectivity index (χ0v) is 12.4. The second-order valence-corrected chi connectivity index (χ2v) is 5.95. The number of halogens is 1. The third-order valence-electron chi connectivity index (χ3n) is 3.17. The van der Waals surface area contributed by atoms with Gasteiger partial charge in [-0.25, -0.2) is 0 Å². The first-order chi connectivity index (χ1) is 9.66. The van der Waals surface area contributed by atoms with Crippen LogP contribution in [-0.2, 0) is 0 Å². The quantitative estimate of drug-likeness (QED) is 0.699. The number of nitrogens with one attached hydrogen (secondary N) is 1. The lowest BCUT2D eigenvalue weighted by atomic mass is 10.1. The number of fused-ring (bicyclic) bond motifs is 1. The van der Waals surface area contributed by atoms with Crippen molar-refractivity contribution in [3.05, 3.63) is 64.0 Å². The van der Waals surface area contributed by atoms with Crippen LogP contribution in [0.25, 0.3) is 10.1 Å². The van der Waals surface area contributed by atoms with Crippen LogP contribution >= 0.6 is 22.9 Å². The average molecular weight is 302 g/mol. The van der Waals surface area contributed by atoms with Crippen molar-refractivity contribution < 1.29 is 4.79 Å². The molecule has 0 fully saturated rings. The standard InChI is InChI=1S/C16H12ClNOS/c1-10-11-6-2-5-9-14(11)20-15(10)16(19)18-13-8-4-3-7-12(13)17/h2-9H,1H3,(H,18,19). The zero-order chi connectivity index (χ0) is 14.1. The molecule has 1 aromatic heterocycles. The Balaban J connectivity index is 1.97. The number of benzene rings is 2. The second kappa shape index (κ2) is 5.27. The van der Waals surface area contributed by atoms with E-state index in [0.717, 1.165) is 20.5 Å². The molecule has 0 spiro atoms. The highest BCUT2D eigenvalue weighted by Gasteiger charge is 2.15. The molecule has 3 aromatic rings. The minimum absolute atomic E-state index is 0.114. The van der Waals surface area contributed by atoms with Gasteiger partial charge in [-0.1, -0.05) is 41.9 Å². The van der Waals surface area contributed by atoms with E-state index in [1.165, 1.54) is 11.3 Å². The van der Waals surface area contributed by atoms with Gasteiger partial charge >= 0.3 is 0 Å². The summed E-state index contributed by atoms with van der Waals surface area (Å²) in [5.74, 6) is -0.114. The Kier molecular flexibility index (Phi) is 3.47. The Hall–Kier alpha value is -1.84. The molecule has 20 heavy (non-hydrogen) atoms. The molecule has 4 heteroatoms. The predicted octanol–water partition coefficient (Wildman–Crippen LogP) is 5.12.